The molecule has 1 aromatic heterocycles. The largest absolute Gasteiger partial charge is 0.394 e. The van der Waals surface area contributed by atoms with Crippen molar-refractivity contribution in [2.75, 3.05) is 6.61 Å². The summed E-state index contributed by atoms with van der Waals surface area (Å²) in [6.45, 7) is 7.83. The minimum Gasteiger partial charge on any atom is -0.394 e. The molecule has 1 N–H and O–H groups in total. The summed E-state index contributed by atoms with van der Waals surface area (Å²) in [5.41, 5.74) is 2.72. The minimum absolute atomic E-state index is 0.0600. The zero-order valence-electron chi connectivity index (χ0n) is 11.8. The van der Waals surface area contributed by atoms with Gasteiger partial charge < -0.3 is 5.11 Å². The SMILES string of the molecule is Cc1cc(C)c2ncn(C(CO)C(C)C)c(=O)c2c1. The topological polar surface area (TPSA) is 55.1 Å². The van der Waals surface area contributed by atoms with Crippen LogP contribution in [0.3, 0.4) is 0 Å². The summed E-state index contributed by atoms with van der Waals surface area (Å²) >= 11 is 0. The van der Waals surface area contributed by atoms with Gasteiger partial charge in [-0.2, -0.15) is 0 Å². The van der Waals surface area contributed by atoms with E-state index in [1.165, 1.54) is 0 Å². The van der Waals surface area contributed by atoms with E-state index >= 15 is 0 Å². The maximum Gasteiger partial charge on any atom is 0.261 e. The molecule has 102 valence electrons. The lowest BCUT2D eigenvalue weighted by molar-refractivity contribution is 0.189. The van der Waals surface area contributed by atoms with E-state index in [1.807, 2.05) is 39.8 Å². The van der Waals surface area contributed by atoms with Crippen molar-refractivity contribution in [3.63, 3.8) is 0 Å². The summed E-state index contributed by atoms with van der Waals surface area (Å²) in [6, 6.07) is 3.65. The number of aliphatic hydroxyl groups is 1. The van der Waals surface area contributed by atoms with Gasteiger partial charge in [0.1, 0.15) is 0 Å². The average Bonchev–Trinajstić information content (AvgIpc) is 2.33. The highest BCUT2D eigenvalue weighted by molar-refractivity contribution is 5.81. The number of hydrogen-bond donors (Lipinski definition) is 1. The van der Waals surface area contributed by atoms with Gasteiger partial charge in [-0.25, -0.2) is 4.98 Å². The van der Waals surface area contributed by atoms with Crippen LogP contribution >= 0.6 is 0 Å². The molecule has 0 saturated carbocycles. The highest BCUT2D eigenvalue weighted by atomic mass is 16.3. The van der Waals surface area contributed by atoms with Crippen LogP contribution in [-0.4, -0.2) is 21.3 Å². The molecule has 0 spiro atoms. The number of aliphatic hydroxyl groups excluding tert-OH is 1. The first kappa shape index (κ1) is 13.7. The second-order valence-corrected chi connectivity index (χ2v) is 5.43. The Bertz CT molecular complexity index is 659. The van der Waals surface area contributed by atoms with Gasteiger partial charge in [-0.05, 0) is 37.0 Å². The fourth-order valence-corrected chi connectivity index (χ4v) is 2.46. The predicted molar refractivity (Wildman–Crippen MR) is 76.4 cm³/mol. The van der Waals surface area contributed by atoms with Crippen LogP contribution in [0.25, 0.3) is 10.9 Å². The predicted octanol–water partition coefficient (Wildman–Crippen LogP) is 2.20. The fraction of sp³-hybridized carbons (Fsp3) is 0.467. The normalized spacial score (nSPS) is 13.2. The van der Waals surface area contributed by atoms with Crippen molar-refractivity contribution in [2.24, 2.45) is 5.92 Å². The van der Waals surface area contributed by atoms with E-state index in [4.69, 9.17) is 0 Å². The summed E-state index contributed by atoms with van der Waals surface area (Å²) in [6.07, 6.45) is 1.55. The van der Waals surface area contributed by atoms with Gasteiger partial charge in [0.05, 0.1) is 29.9 Å². The smallest absolute Gasteiger partial charge is 0.261 e. The summed E-state index contributed by atoms with van der Waals surface area (Å²) in [7, 11) is 0. The third-order valence-corrected chi connectivity index (χ3v) is 3.53. The molecule has 4 heteroatoms. The molecule has 4 nitrogen and oxygen atoms in total. The molecule has 0 radical (unpaired) electrons. The standard InChI is InChI=1S/C15H20N2O2/c1-9(2)13(7-18)17-8-16-14-11(4)5-10(3)6-12(14)15(17)19/h5-6,8-9,13,18H,7H2,1-4H3. The molecule has 1 unspecified atom stereocenters. The molecular formula is C15H20N2O2. The maximum atomic E-state index is 12.5. The second kappa shape index (κ2) is 5.13. The third kappa shape index (κ3) is 2.40. The highest BCUT2D eigenvalue weighted by Gasteiger charge is 2.17. The number of nitrogens with zero attached hydrogens (tertiary/aromatic N) is 2. The molecule has 1 atom stereocenters. The summed E-state index contributed by atoms with van der Waals surface area (Å²) < 4.78 is 1.55. The van der Waals surface area contributed by atoms with Gasteiger partial charge in [-0.15, -0.1) is 0 Å². The molecule has 0 amide bonds. The van der Waals surface area contributed by atoms with Gasteiger partial charge in [0.2, 0.25) is 0 Å². The van der Waals surface area contributed by atoms with Crippen molar-refractivity contribution in [1.82, 2.24) is 9.55 Å². The van der Waals surface area contributed by atoms with Crippen molar-refractivity contribution in [1.29, 1.82) is 0 Å². The molecule has 2 rings (SSSR count). The van der Waals surface area contributed by atoms with Gasteiger partial charge in [-0.1, -0.05) is 19.9 Å². The monoisotopic (exact) mass is 260 g/mol. The van der Waals surface area contributed by atoms with Crippen LogP contribution in [0.5, 0.6) is 0 Å². The van der Waals surface area contributed by atoms with E-state index in [2.05, 4.69) is 4.98 Å². The highest BCUT2D eigenvalue weighted by Crippen LogP contribution is 2.18. The fourth-order valence-electron chi connectivity index (χ4n) is 2.46. The second-order valence-electron chi connectivity index (χ2n) is 5.43. The van der Waals surface area contributed by atoms with E-state index in [-0.39, 0.29) is 24.1 Å². The number of fused-ring (bicyclic) bond motifs is 1. The number of benzene rings is 1. The molecular weight excluding hydrogens is 240 g/mol. The Morgan fingerprint density at radius 1 is 1.32 bits per heavy atom. The van der Waals surface area contributed by atoms with Crippen molar-refractivity contribution in [2.45, 2.75) is 33.7 Å². The average molecular weight is 260 g/mol. The van der Waals surface area contributed by atoms with Crippen LogP contribution in [0.1, 0.15) is 31.0 Å². The van der Waals surface area contributed by atoms with E-state index in [0.717, 1.165) is 16.6 Å². The first-order chi connectivity index (χ1) is 8.95. The lowest BCUT2D eigenvalue weighted by Crippen LogP contribution is -2.30. The zero-order valence-corrected chi connectivity index (χ0v) is 11.8. The molecule has 0 aliphatic rings. The summed E-state index contributed by atoms with van der Waals surface area (Å²) in [5.74, 6) is 0.174. The molecule has 1 heterocycles. The Morgan fingerprint density at radius 2 is 2.00 bits per heavy atom. The first-order valence-corrected chi connectivity index (χ1v) is 6.54. The Hall–Kier alpha value is -1.68. The maximum absolute atomic E-state index is 12.5. The Kier molecular flexibility index (Phi) is 3.71. The molecule has 2 aromatic rings. The number of aryl methyl sites for hydroxylation is 2. The molecule has 0 fully saturated rings. The van der Waals surface area contributed by atoms with E-state index < -0.39 is 0 Å². The first-order valence-electron chi connectivity index (χ1n) is 6.54. The third-order valence-electron chi connectivity index (χ3n) is 3.53. The van der Waals surface area contributed by atoms with Crippen LogP contribution < -0.4 is 5.56 Å². The van der Waals surface area contributed by atoms with E-state index in [1.54, 1.807) is 10.9 Å². The summed E-state index contributed by atoms with van der Waals surface area (Å²) in [5, 5.41) is 10.1. The Balaban J connectivity index is 2.73. The quantitative estimate of drug-likeness (QED) is 0.920. The Labute approximate surface area is 112 Å². The minimum atomic E-state index is -0.231. The van der Waals surface area contributed by atoms with Crippen LogP contribution in [-0.2, 0) is 0 Å². The number of hydrogen-bond acceptors (Lipinski definition) is 3. The molecule has 0 aliphatic carbocycles. The van der Waals surface area contributed by atoms with Gasteiger partial charge in [-0.3, -0.25) is 9.36 Å². The van der Waals surface area contributed by atoms with Crippen molar-refractivity contribution in [3.8, 4) is 0 Å². The Morgan fingerprint density at radius 3 is 2.58 bits per heavy atom. The van der Waals surface area contributed by atoms with Crippen LogP contribution in [0, 0.1) is 19.8 Å². The van der Waals surface area contributed by atoms with Gasteiger partial charge in [0, 0.05) is 0 Å². The lowest BCUT2D eigenvalue weighted by Gasteiger charge is -2.21. The molecule has 0 saturated heterocycles. The zero-order chi connectivity index (χ0) is 14.2. The number of aromatic nitrogens is 2. The van der Waals surface area contributed by atoms with Crippen molar-refractivity contribution in [3.05, 3.63) is 39.9 Å². The molecule has 0 bridgehead atoms. The molecule has 19 heavy (non-hydrogen) atoms. The lowest BCUT2D eigenvalue weighted by atomic mass is 10.0. The van der Waals surface area contributed by atoms with E-state index in [9.17, 15) is 9.90 Å². The van der Waals surface area contributed by atoms with Crippen molar-refractivity contribution < 1.29 is 5.11 Å². The van der Waals surface area contributed by atoms with Crippen LogP contribution in [0.2, 0.25) is 0 Å². The van der Waals surface area contributed by atoms with Crippen LogP contribution in [0.15, 0.2) is 23.3 Å². The number of rotatable bonds is 3. The molecule has 0 aliphatic heterocycles. The van der Waals surface area contributed by atoms with Gasteiger partial charge >= 0.3 is 0 Å². The van der Waals surface area contributed by atoms with Crippen LogP contribution in [0.4, 0.5) is 0 Å². The van der Waals surface area contributed by atoms with E-state index in [0.29, 0.717) is 5.39 Å². The van der Waals surface area contributed by atoms with Gasteiger partial charge in [0.15, 0.2) is 0 Å². The van der Waals surface area contributed by atoms with Crippen molar-refractivity contribution >= 4 is 10.9 Å². The molecule has 1 aromatic carbocycles. The van der Waals surface area contributed by atoms with Gasteiger partial charge in [0.25, 0.3) is 5.56 Å². The summed E-state index contributed by atoms with van der Waals surface area (Å²) in [4.78, 5) is 16.9.